The van der Waals surface area contributed by atoms with E-state index in [1.54, 1.807) is 35.8 Å². The number of benzene rings is 1. The third kappa shape index (κ3) is 4.16. The minimum Gasteiger partial charge on any atom is -0.378 e. The summed E-state index contributed by atoms with van der Waals surface area (Å²) in [5.74, 6) is 0.231. The largest absolute Gasteiger partial charge is 0.378 e. The minimum atomic E-state index is -3.82. The van der Waals surface area contributed by atoms with Gasteiger partial charge in [-0.2, -0.15) is 8.42 Å². The maximum atomic E-state index is 12.2. The first-order valence-electron chi connectivity index (χ1n) is 7.82. The van der Waals surface area contributed by atoms with Crippen molar-refractivity contribution in [1.82, 2.24) is 9.97 Å². The summed E-state index contributed by atoms with van der Waals surface area (Å²) in [5.41, 5.74) is 2.24. The Balaban J connectivity index is 1.51. The van der Waals surface area contributed by atoms with Gasteiger partial charge in [-0.1, -0.05) is 18.2 Å². The van der Waals surface area contributed by atoms with Crippen molar-refractivity contribution in [3.63, 3.8) is 0 Å². The number of aromatic nitrogens is 2. The molecule has 1 aromatic carbocycles. The molecule has 0 spiro atoms. The van der Waals surface area contributed by atoms with Crippen molar-refractivity contribution >= 4 is 43.6 Å². The fraction of sp³-hybridized carbons (Fsp3) is 0. The van der Waals surface area contributed by atoms with Gasteiger partial charge in [0.15, 0.2) is 9.34 Å². The average molecular weight is 416 g/mol. The van der Waals surface area contributed by atoms with Gasteiger partial charge in [-0.3, -0.25) is 4.98 Å². The highest BCUT2D eigenvalue weighted by Gasteiger charge is 2.18. The van der Waals surface area contributed by atoms with Gasteiger partial charge < -0.3 is 9.50 Å². The van der Waals surface area contributed by atoms with Crippen LogP contribution in [-0.2, 0) is 10.1 Å². The summed E-state index contributed by atoms with van der Waals surface area (Å²) in [6, 6.07) is 15.6. The van der Waals surface area contributed by atoms with Crippen LogP contribution >= 0.6 is 22.7 Å². The molecule has 0 radical (unpaired) electrons. The first-order chi connectivity index (χ1) is 13.1. The molecule has 1 N–H and O–H groups in total. The summed E-state index contributed by atoms with van der Waals surface area (Å²) in [7, 11) is -3.82. The maximum Gasteiger partial charge on any atom is 0.348 e. The Morgan fingerprint density at radius 2 is 1.89 bits per heavy atom. The molecule has 4 aromatic rings. The quantitative estimate of drug-likeness (QED) is 0.457. The molecule has 136 valence electrons. The number of nitrogens with zero attached hydrogens (tertiary/aromatic N) is 2. The number of rotatable bonds is 6. The molecule has 9 heteroatoms. The first-order valence-corrected chi connectivity index (χ1v) is 11.0. The van der Waals surface area contributed by atoms with Crippen molar-refractivity contribution in [2.75, 3.05) is 5.32 Å². The molecule has 0 unspecified atom stereocenters. The van der Waals surface area contributed by atoms with Crippen molar-refractivity contribution in [2.45, 2.75) is 4.21 Å². The summed E-state index contributed by atoms with van der Waals surface area (Å²) in [5, 5.41) is 7.44. The standard InChI is InChI=1S/C18H13N3O3S3/c22-27(23,17-8-4-10-25-17)24-14-6-3-5-13(11-14)20-18-21-16(12-26-18)15-7-1-2-9-19-15/h1-12H,(H,20,21). The molecule has 0 aliphatic carbocycles. The summed E-state index contributed by atoms with van der Waals surface area (Å²) < 4.78 is 29.9. The van der Waals surface area contributed by atoms with Gasteiger partial charge in [0.05, 0.1) is 5.69 Å². The Kier molecular flexibility index (Phi) is 4.88. The van der Waals surface area contributed by atoms with E-state index in [9.17, 15) is 8.42 Å². The molecule has 0 atom stereocenters. The van der Waals surface area contributed by atoms with E-state index < -0.39 is 10.1 Å². The summed E-state index contributed by atoms with van der Waals surface area (Å²) in [6.07, 6.45) is 1.72. The van der Waals surface area contributed by atoms with Gasteiger partial charge in [-0.25, -0.2) is 4.98 Å². The highest BCUT2D eigenvalue weighted by molar-refractivity contribution is 7.89. The van der Waals surface area contributed by atoms with E-state index in [2.05, 4.69) is 15.3 Å². The molecule has 6 nitrogen and oxygen atoms in total. The normalized spacial score (nSPS) is 11.3. The molecule has 0 amide bonds. The number of thiazole rings is 1. The highest BCUT2D eigenvalue weighted by atomic mass is 32.3. The second kappa shape index (κ2) is 7.47. The molecule has 4 rings (SSSR count). The van der Waals surface area contributed by atoms with Crippen LogP contribution in [-0.4, -0.2) is 18.4 Å². The van der Waals surface area contributed by atoms with Crippen LogP contribution in [0.15, 0.2) is 75.8 Å². The van der Waals surface area contributed by atoms with Gasteiger partial charge in [0.2, 0.25) is 0 Å². The van der Waals surface area contributed by atoms with Crippen molar-refractivity contribution in [3.05, 3.63) is 71.6 Å². The monoisotopic (exact) mass is 415 g/mol. The van der Waals surface area contributed by atoms with Gasteiger partial charge in [-0.05, 0) is 35.7 Å². The van der Waals surface area contributed by atoms with Crippen molar-refractivity contribution in [2.24, 2.45) is 0 Å². The van der Waals surface area contributed by atoms with E-state index in [-0.39, 0.29) is 9.96 Å². The lowest BCUT2D eigenvalue weighted by Crippen LogP contribution is -2.08. The zero-order chi connectivity index (χ0) is 18.7. The molecule has 0 saturated heterocycles. The number of hydrogen-bond acceptors (Lipinski definition) is 8. The van der Waals surface area contributed by atoms with Crippen molar-refractivity contribution in [3.8, 4) is 17.1 Å². The van der Waals surface area contributed by atoms with Crippen LogP contribution in [0.2, 0.25) is 0 Å². The predicted molar refractivity (Wildman–Crippen MR) is 107 cm³/mol. The number of hydrogen-bond donors (Lipinski definition) is 1. The van der Waals surface area contributed by atoms with Gasteiger partial charge in [0, 0.05) is 23.3 Å². The molecule has 27 heavy (non-hydrogen) atoms. The molecule has 0 aliphatic rings. The fourth-order valence-electron chi connectivity index (χ4n) is 2.29. The smallest absolute Gasteiger partial charge is 0.348 e. The molecule has 0 bridgehead atoms. The summed E-state index contributed by atoms with van der Waals surface area (Å²) in [6.45, 7) is 0. The lowest BCUT2D eigenvalue weighted by Gasteiger charge is -2.07. The van der Waals surface area contributed by atoms with Crippen LogP contribution in [0.4, 0.5) is 10.8 Å². The zero-order valence-corrected chi connectivity index (χ0v) is 16.2. The first kappa shape index (κ1) is 17.7. The Hall–Kier alpha value is -2.75. The SMILES string of the molecule is O=S(=O)(Oc1cccc(Nc2nc(-c3ccccn3)cs2)c1)c1cccs1. The number of thiophene rings is 1. The minimum absolute atomic E-state index is 0.167. The Morgan fingerprint density at radius 3 is 2.67 bits per heavy atom. The van der Waals surface area contributed by atoms with Crippen molar-refractivity contribution < 1.29 is 12.6 Å². The number of nitrogens with one attached hydrogen (secondary N) is 1. The predicted octanol–water partition coefficient (Wildman–Crippen LogP) is 4.78. The van der Waals surface area contributed by atoms with Crippen molar-refractivity contribution in [1.29, 1.82) is 0 Å². The second-order valence-electron chi connectivity index (χ2n) is 5.38. The van der Waals surface area contributed by atoms with E-state index >= 15 is 0 Å². The second-order valence-corrected chi connectivity index (χ2v) is 8.95. The van der Waals surface area contributed by atoms with Crippen LogP contribution < -0.4 is 9.50 Å². The molecule has 3 aromatic heterocycles. The van der Waals surface area contributed by atoms with E-state index in [0.717, 1.165) is 22.7 Å². The van der Waals surface area contributed by atoms with Gasteiger partial charge in [0.25, 0.3) is 0 Å². The Bertz CT molecular complexity index is 1140. The van der Waals surface area contributed by atoms with Crippen LogP contribution in [0.3, 0.4) is 0 Å². The lowest BCUT2D eigenvalue weighted by atomic mass is 10.3. The fourth-order valence-corrected chi connectivity index (χ4v) is 4.88. The third-order valence-corrected chi connectivity index (χ3v) is 6.83. The average Bonchev–Trinajstić information content (AvgIpc) is 3.35. The van der Waals surface area contributed by atoms with Gasteiger partial charge >= 0.3 is 10.1 Å². The van der Waals surface area contributed by atoms with Crippen LogP contribution in [0.1, 0.15) is 0 Å². The van der Waals surface area contributed by atoms with Gasteiger partial charge in [-0.15, -0.1) is 22.7 Å². The number of pyridine rings is 1. The molecule has 0 aliphatic heterocycles. The highest BCUT2D eigenvalue weighted by Crippen LogP contribution is 2.29. The molecule has 3 heterocycles. The topological polar surface area (TPSA) is 81.2 Å². The van der Waals surface area contributed by atoms with Crippen LogP contribution in [0.25, 0.3) is 11.4 Å². The van der Waals surface area contributed by atoms with E-state index in [1.807, 2.05) is 29.6 Å². The Morgan fingerprint density at radius 1 is 0.963 bits per heavy atom. The van der Waals surface area contributed by atoms with E-state index in [1.165, 1.54) is 17.4 Å². The molecule has 0 saturated carbocycles. The molecule has 0 fully saturated rings. The van der Waals surface area contributed by atoms with E-state index in [4.69, 9.17) is 4.18 Å². The van der Waals surface area contributed by atoms with Crippen LogP contribution in [0, 0.1) is 0 Å². The lowest BCUT2D eigenvalue weighted by molar-refractivity contribution is 0.488. The third-order valence-electron chi connectivity index (χ3n) is 3.46. The molecular formula is C18H13N3O3S3. The zero-order valence-electron chi connectivity index (χ0n) is 13.8. The Labute approximate surface area is 164 Å². The van der Waals surface area contributed by atoms with E-state index in [0.29, 0.717) is 10.8 Å². The molecular weight excluding hydrogens is 402 g/mol. The summed E-state index contributed by atoms with van der Waals surface area (Å²) >= 11 is 2.55. The van der Waals surface area contributed by atoms with Gasteiger partial charge in [0.1, 0.15) is 11.4 Å². The number of anilines is 2. The van der Waals surface area contributed by atoms with Crippen LogP contribution in [0.5, 0.6) is 5.75 Å². The summed E-state index contributed by atoms with van der Waals surface area (Å²) in [4.78, 5) is 8.79. The maximum absolute atomic E-state index is 12.2.